The maximum atomic E-state index is 13.4. The number of benzene rings is 1. The van der Waals surface area contributed by atoms with Crippen molar-refractivity contribution >= 4 is 17.5 Å². The second kappa shape index (κ2) is 3.92. The van der Waals surface area contributed by atoms with Gasteiger partial charge in [0, 0.05) is 6.07 Å². The Balaban J connectivity index is 2.78. The standard InChI is InChI=1S/C9H3ClF4N2O/c10-5-8(13)6(11)4(7(12)9(5)14)2-1-3(15)17-16-2/h1H,15H2. The quantitative estimate of drug-likeness (QED) is 0.490. The molecule has 0 radical (unpaired) electrons. The summed E-state index contributed by atoms with van der Waals surface area (Å²) in [6.07, 6.45) is 0. The third kappa shape index (κ3) is 1.72. The number of anilines is 1. The van der Waals surface area contributed by atoms with Crippen molar-refractivity contribution in [3.8, 4) is 11.3 Å². The van der Waals surface area contributed by atoms with E-state index in [0.29, 0.717) is 0 Å². The largest absolute Gasteiger partial charge is 0.368 e. The van der Waals surface area contributed by atoms with Crippen molar-refractivity contribution in [2.24, 2.45) is 0 Å². The summed E-state index contributed by atoms with van der Waals surface area (Å²) in [4.78, 5) is 0. The van der Waals surface area contributed by atoms with Crippen LogP contribution in [0.1, 0.15) is 0 Å². The Morgan fingerprint density at radius 2 is 1.59 bits per heavy atom. The van der Waals surface area contributed by atoms with Crippen molar-refractivity contribution in [2.75, 3.05) is 5.73 Å². The molecule has 17 heavy (non-hydrogen) atoms. The van der Waals surface area contributed by atoms with E-state index in [2.05, 4.69) is 9.68 Å². The van der Waals surface area contributed by atoms with E-state index < -0.39 is 39.5 Å². The third-order valence-corrected chi connectivity index (χ3v) is 2.33. The van der Waals surface area contributed by atoms with Crippen LogP contribution in [0, 0.1) is 23.3 Å². The molecule has 0 unspecified atom stereocenters. The van der Waals surface area contributed by atoms with Gasteiger partial charge >= 0.3 is 0 Å². The fourth-order valence-corrected chi connectivity index (χ4v) is 1.40. The molecule has 0 aliphatic rings. The van der Waals surface area contributed by atoms with E-state index >= 15 is 0 Å². The van der Waals surface area contributed by atoms with Crippen LogP contribution in [-0.2, 0) is 0 Å². The maximum Gasteiger partial charge on any atom is 0.222 e. The fourth-order valence-electron chi connectivity index (χ4n) is 1.24. The molecule has 0 fully saturated rings. The lowest BCUT2D eigenvalue weighted by molar-refractivity contribution is 0.433. The summed E-state index contributed by atoms with van der Waals surface area (Å²) in [6.45, 7) is 0. The zero-order valence-electron chi connectivity index (χ0n) is 7.90. The molecule has 0 bridgehead atoms. The van der Waals surface area contributed by atoms with Crippen LogP contribution in [0.2, 0.25) is 5.02 Å². The third-order valence-electron chi connectivity index (χ3n) is 1.99. The van der Waals surface area contributed by atoms with Gasteiger partial charge in [-0.2, -0.15) is 0 Å². The molecule has 1 aromatic heterocycles. The van der Waals surface area contributed by atoms with Crippen molar-refractivity contribution in [2.45, 2.75) is 0 Å². The minimum atomic E-state index is -1.71. The summed E-state index contributed by atoms with van der Waals surface area (Å²) in [6, 6.07) is 0.925. The summed E-state index contributed by atoms with van der Waals surface area (Å²) in [5, 5.41) is 1.90. The summed E-state index contributed by atoms with van der Waals surface area (Å²) in [7, 11) is 0. The second-order valence-electron chi connectivity index (χ2n) is 3.06. The summed E-state index contributed by atoms with van der Waals surface area (Å²) in [5.41, 5.74) is 3.65. The molecular formula is C9H3ClF4N2O. The lowest BCUT2D eigenvalue weighted by atomic mass is 10.1. The molecule has 0 aliphatic carbocycles. The SMILES string of the molecule is Nc1cc(-c2c(F)c(F)c(Cl)c(F)c2F)no1. The first kappa shape index (κ1) is 11.7. The van der Waals surface area contributed by atoms with Gasteiger partial charge in [0.2, 0.25) is 5.88 Å². The van der Waals surface area contributed by atoms with Crippen LogP contribution in [0.3, 0.4) is 0 Å². The Morgan fingerprint density at radius 3 is 2.00 bits per heavy atom. The molecule has 8 heteroatoms. The monoisotopic (exact) mass is 266 g/mol. The summed E-state index contributed by atoms with van der Waals surface area (Å²) < 4.78 is 57.4. The Bertz CT molecular complexity index is 570. The molecule has 2 rings (SSSR count). The van der Waals surface area contributed by atoms with Crippen molar-refractivity contribution in [3.63, 3.8) is 0 Å². The lowest BCUT2D eigenvalue weighted by Crippen LogP contribution is -2.00. The molecule has 0 saturated carbocycles. The van der Waals surface area contributed by atoms with E-state index in [-0.39, 0.29) is 5.88 Å². The van der Waals surface area contributed by atoms with Gasteiger partial charge in [-0.25, -0.2) is 17.6 Å². The highest BCUT2D eigenvalue weighted by Gasteiger charge is 2.27. The van der Waals surface area contributed by atoms with Crippen LogP contribution in [0.5, 0.6) is 0 Å². The van der Waals surface area contributed by atoms with Crippen molar-refractivity contribution < 1.29 is 22.1 Å². The highest BCUT2D eigenvalue weighted by atomic mass is 35.5. The van der Waals surface area contributed by atoms with Crippen molar-refractivity contribution in [3.05, 3.63) is 34.4 Å². The zero-order chi connectivity index (χ0) is 12.7. The van der Waals surface area contributed by atoms with Gasteiger partial charge in [0.25, 0.3) is 0 Å². The van der Waals surface area contributed by atoms with Crippen LogP contribution in [0.25, 0.3) is 11.3 Å². The van der Waals surface area contributed by atoms with E-state index in [1.165, 1.54) is 0 Å². The van der Waals surface area contributed by atoms with E-state index in [9.17, 15) is 17.6 Å². The number of halogens is 5. The molecule has 1 aromatic carbocycles. The van der Waals surface area contributed by atoms with Gasteiger partial charge in [-0.1, -0.05) is 16.8 Å². The van der Waals surface area contributed by atoms with Gasteiger partial charge in [-0.05, 0) is 0 Å². The molecule has 2 aromatic rings. The Labute approximate surface area is 96.8 Å². The molecular weight excluding hydrogens is 264 g/mol. The Kier molecular flexibility index (Phi) is 2.70. The van der Waals surface area contributed by atoms with Gasteiger partial charge in [0.15, 0.2) is 23.3 Å². The van der Waals surface area contributed by atoms with Gasteiger partial charge in [0.05, 0.1) is 5.56 Å². The first-order valence-corrected chi connectivity index (χ1v) is 4.55. The van der Waals surface area contributed by atoms with Crippen LogP contribution >= 0.6 is 11.6 Å². The number of aromatic nitrogens is 1. The van der Waals surface area contributed by atoms with Crippen LogP contribution in [0.4, 0.5) is 23.4 Å². The summed E-state index contributed by atoms with van der Waals surface area (Å²) in [5.74, 6) is -7.00. The number of hydrogen-bond acceptors (Lipinski definition) is 3. The average Bonchev–Trinajstić information content (AvgIpc) is 2.71. The average molecular weight is 267 g/mol. The van der Waals surface area contributed by atoms with E-state index in [1.54, 1.807) is 0 Å². The molecule has 3 nitrogen and oxygen atoms in total. The van der Waals surface area contributed by atoms with E-state index in [4.69, 9.17) is 17.3 Å². The zero-order valence-corrected chi connectivity index (χ0v) is 8.66. The number of nitrogens with zero attached hydrogens (tertiary/aromatic N) is 1. The molecule has 90 valence electrons. The molecule has 2 N–H and O–H groups in total. The molecule has 0 atom stereocenters. The van der Waals surface area contributed by atoms with E-state index in [1.807, 2.05) is 0 Å². The number of nitrogen functional groups attached to an aromatic ring is 1. The summed E-state index contributed by atoms with van der Waals surface area (Å²) >= 11 is 5.05. The number of nitrogens with two attached hydrogens (primary N) is 1. The molecule has 1 heterocycles. The first-order valence-electron chi connectivity index (χ1n) is 4.17. The molecule has 0 saturated heterocycles. The van der Waals surface area contributed by atoms with Gasteiger partial charge < -0.3 is 10.3 Å². The normalized spacial score (nSPS) is 10.9. The second-order valence-corrected chi connectivity index (χ2v) is 3.44. The smallest absolute Gasteiger partial charge is 0.222 e. The van der Waals surface area contributed by atoms with Crippen LogP contribution in [-0.4, -0.2) is 5.16 Å². The number of hydrogen-bond donors (Lipinski definition) is 1. The molecule has 0 amide bonds. The van der Waals surface area contributed by atoms with Gasteiger partial charge in [-0.15, -0.1) is 0 Å². The van der Waals surface area contributed by atoms with Crippen LogP contribution in [0.15, 0.2) is 10.6 Å². The van der Waals surface area contributed by atoms with Gasteiger partial charge in [0.1, 0.15) is 10.7 Å². The Hall–Kier alpha value is -1.76. The Morgan fingerprint density at radius 1 is 1.06 bits per heavy atom. The van der Waals surface area contributed by atoms with Crippen molar-refractivity contribution in [1.29, 1.82) is 0 Å². The predicted octanol–water partition coefficient (Wildman–Crippen LogP) is 3.13. The van der Waals surface area contributed by atoms with Crippen molar-refractivity contribution in [1.82, 2.24) is 5.16 Å². The minimum Gasteiger partial charge on any atom is -0.368 e. The highest BCUT2D eigenvalue weighted by Crippen LogP contribution is 2.34. The maximum absolute atomic E-state index is 13.4. The number of rotatable bonds is 1. The lowest BCUT2D eigenvalue weighted by Gasteiger charge is -2.05. The molecule has 0 spiro atoms. The van der Waals surface area contributed by atoms with E-state index in [0.717, 1.165) is 6.07 Å². The highest BCUT2D eigenvalue weighted by molar-refractivity contribution is 6.31. The first-order chi connectivity index (χ1) is 7.93. The predicted molar refractivity (Wildman–Crippen MR) is 51.2 cm³/mol. The molecule has 0 aliphatic heterocycles. The minimum absolute atomic E-state index is 0.255. The van der Waals surface area contributed by atoms with Gasteiger partial charge in [-0.3, -0.25) is 0 Å². The topological polar surface area (TPSA) is 52.0 Å². The fraction of sp³-hybridized carbons (Fsp3) is 0. The van der Waals surface area contributed by atoms with Crippen LogP contribution < -0.4 is 5.73 Å².